The number of carbonyl (C=O) groups is 3. The Bertz CT molecular complexity index is 872. The minimum atomic E-state index is -0.784. The first-order valence-electron chi connectivity index (χ1n) is 7.19. The Balaban J connectivity index is 2.01. The van der Waals surface area contributed by atoms with Crippen LogP contribution in [0.15, 0.2) is 54.1 Å². The molecule has 120 valence electrons. The lowest BCUT2D eigenvalue weighted by Crippen LogP contribution is -2.54. The summed E-state index contributed by atoms with van der Waals surface area (Å²) in [6.07, 6.45) is 1.47. The number of barbiturate groups is 1. The maximum atomic E-state index is 12.7. The van der Waals surface area contributed by atoms with Gasteiger partial charge in [-0.3, -0.25) is 14.9 Å². The zero-order chi connectivity index (χ0) is 17.3. The first-order chi connectivity index (χ1) is 11.5. The molecule has 2 aromatic carbocycles. The van der Waals surface area contributed by atoms with Crippen molar-refractivity contribution in [3.8, 4) is 0 Å². The number of nitrogens with one attached hydrogen (secondary N) is 1. The molecule has 4 amide bonds. The highest BCUT2D eigenvalue weighted by Crippen LogP contribution is 2.23. The SMILES string of the molecule is Cc1cccc(C=C2C(=O)NC(=O)N(c3ccc(Cl)cc3)C2=O)c1. The molecule has 0 radical (unpaired) electrons. The van der Waals surface area contributed by atoms with Crippen LogP contribution < -0.4 is 10.2 Å². The summed E-state index contributed by atoms with van der Waals surface area (Å²) in [6.45, 7) is 1.91. The van der Waals surface area contributed by atoms with Crippen LogP contribution in [0.25, 0.3) is 6.08 Å². The Kier molecular flexibility index (Phi) is 4.18. The third-order valence-electron chi connectivity index (χ3n) is 3.54. The third-order valence-corrected chi connectivity index (χ3v) is 3.79. The molecular weight excluding hydrogens is 328 g/mol. The number of aryl methyl sites for hydroxylation is 1. The van der Waals surface area contributed by atoms with E-state index in [4.69, 9.17) is 11.6 Å². The van der Waals surface area contributed by atoms with Crippen LogP contribution in [-0.2, 0) is 9.59 Å². The van der Waals surface area contributed by atoms with Gasteiger partial charge in [0.25, 0.3) is 11.8 Å². The van der Waals surface area contributed by atoms with Gasteiger partial charge in [0.15, 0.2) is 0 Å². The van der Waals surface area contributed by atoms with E-state index in [9.17, 15) is 14.4 Å². The molecule has 1 fully saturated rings. The Hall–Kier alpha value is -2.92. The second kappa shape index (κ2) is 6.29. The van der Waals surface area contributed by atoms with Gasteiger partial charge in [0.05, 0.1) is 5.69 Å². The third kappa shape index (κ3) is 3.07. The number of halogens is 1. The Morgan fingerprint density at radius 2 is 1.75 bits per heavy atom. The summed E-state index contributed by atoms with van der Waals surface area (Å²) < 4.78 is 0. The zero-order valence-corrected chi connectivity index (χ0v) is 13.5. The van der Waals surface area contributed by atoms with Gasteiger partial charge >= 0.3 is 6.03 Å². The smallest absolute Gasteiger partial charge is 0.273 e. The molecule has 3 rings (SSSR count). The molecule has 1 aliphatic rings. The number of hydrogen-bond acceptors (Lipinski definition) is 3. The van der Waals surface area contributed by atoms with Gasteiger partial charge in [-0.15, -0.1) is 0 Å². The van der Waals surface area contributed by atoms with Crippen molar-refractivity contribution in [2.45, 2.75) is 6.92 Å². The van der Waals surface area contributed by atoms with Gasteiger partial charge < -0.3 is 0 Å². The Morgan fingerprint density at radius 1 is 1.04 bits per heavy atom. The standard InChI is InChI=1S/C18H13ClN2O3/c1-11-3-2-4-12(9-11)10-15-16(22)20-18(24)21(17(15)23)14-7-5-13(19)6-8-14/h2-10H,1H3,(H,20,22,24). The number of amides is 4. The van der Waals surface area contributed by atoms with Crippen molar-refractivity contribution in [2.24, 2.45) is 0 Å². The van der Waals surface area contributed by atoms with E-state index in [2.05, 4.69) is 5.32 Å². The zero-order valence-electron chi connectivity index (χ0n) is 12.7. The summed E-state index contributed by atoms with van der Waals surface area (Å²) in [5.74, 6) is -1.38. The molecule has 2 aromatic rings. The monoisotopic (exact) mass is 340 g/mol. The molecule has 0 bridgehead atoms. The molecule has 24 heavy (non-hydrogen) atoms. The quantitative estimate of drug-likeness (QED) is 0.673. The maximum Gasteiger partial charge on any atom is 0.335 e. The van der Waals surface area contributed by atoms with Crippen molar-refractivity contribution < 1.29 is 14.4 Å². The molecular formula is C18H13ClN2O3. The molecule has 0 unspecified atom stereocenters. The molecule has 0 aliphatic carbocycles. The molecule has 5 nitrogen and oxygen atoms in total. The molecule has 0 atom stereocenters. The highest BCUT2D eigenvalue weighted by atomic mass is 35.5. The van der Waals surface area contributed by atoms with Gasteiger partial charge in [0.1, 0.15) is 5.57 Å². The first kappa shape index (κ1) is 16.0. The van der Waals surface area contributed by atoms with E-state index in [-0.39, 0.29) is 5.57 Å². The predicted octanol–water partition coefficient (Wildman–Crippen LogP) is 3.31. The fourth-order valence-corrected chi connectivity index (χ4v) is 2.53. The van der Waals surface area contributed by atoms with E-state index in [0.29, 0.717) is 16.3 Å². The average molecular weight is 341 g/mol. The van der Waals surface area contributed by atoms with Crippen LogP contribution in [-0.4, -0.2) is 17.8 Å². The van der Waals surface area contributed by atoms with E-state index in [0.717, 1.165) is 10.5 Å². The van der Waals surface area contributed by atoms with Crippen LogP contribution >= 0.6 is 11.6 Å². The van der Waals surface area contributed by atoms with Crippen LogP contribution in [0.1, 0.15) is 11.1 Å². The van der Waals surface area contributed by atoms with E-state index >= 15 is 0 Å². The number of benzene rings is 2. The van der Waals surface area contributed by atoms with Crippen molar-refractivity contribution in [2.75, 3.05) is 4.90 Å². The number of hydrogen-bond donors (Lipinski definition) is 1. The Morgan fingerprint density at radius 3 is 2.42 bits per heavy atom. The van der Waals surface area contributed by atoms with Gasteiger partial charge in [0.2, 0.25) is 0 Å². The molecule has 1 aliphatic heterocycles. The Labute approximate surface area is 143 Å². The first-order valence-corrected chi connectivity index (χ1v) is 7.57. The molecule has 0 saturated carbocycles. The molecule has 6 heteroatoms. The maximum absolute atomic E-state index is 12.7. The van der Waals surface area contributed by atoms with E-state index in [1.807, 2.05) is 25.1 Å². The van der Waals surface area contributed by atoms with Crippen molar-refractivity contribution in [3.05, 3.63) is 70.3 Å². The minimum absolute atomic E-state index is 0.102. The summed E-state index contributed by atoms with van der Waals surface area (Å²) >= 11 is 5.83. The van der Waals surface area contributed by atoms with Gasteiger partial charge in [0, 0.05) is 5.02 Å². The van der Waals surface area contributed by atoms with Gasteiger partial charge in [-0.1, -0.05) is 41.4 Å². The number of carbonyl (C=O) groups excluding carboxylic acids is 3. The molecule has 0 spiro atoms. The summed E-state index contributed by atoms with van der Waals surface area (Å²) in [5.41, 5.74) is 1.94. The molecule has 0 aromatic heterocycles. The van der Waals surface area contributed by atoms with Crippen LogP contribution in [0.4, 0.5) is 10.5 Å². The summed E-state index contributed by atoms with van der Waals surface area (Å²) in [5, 5.41) is 2.67. The van der Waals surface area contributed by atoms with Crippen LogP contribution in [0, 0.1) is 6.92 Å². The summed E-state index contributed by atoms with van der Waals surface area (Å²) in [4.78, 5) is 37.7. The van der Waals surface area contributed by atoms with Crippen molar-refractivity contribution in [1.82, 2.24) is 5.32 Å². The highest BCUT2D eigenvalue weighted by Gasteiger charge is 2.36. The van der Waals surface area contributed by atoms with Gasteiger partial charge in [-0.05, 0) is 42.8 Å². The lowest BCUT2D eigenvalue weighted by atomic mass is 10.1. The van der Waals surface area contributed by atoms with Crippen LogP contribution in [0.2, 0.25) is 5.02 Å². The number of rotatable bonds is 2. The van der Waals surface area contributed by atoms with Gasteiger partial charge in [-0.25, -0.2) is 9.69 Å². The fourth-order valence-electron chi connectivity index (χ4n) is 2.41. The second-order valence-electron chi connectivity index (χ2n) is 5.35. The normalized spacial score (nSPS) is 16.5. The van der Waals surface area contributed by atoms with Gasteiger partial charge in [-0.2, -0.15) is 0 Å². The summed E-state index contributed by atoms with van der Waals surface area (Å²) in [6, 6.07) is 12.8. The van der Waals surface area contributed by atoms with E-state index < -0.39 is 17.8 Å². The minimum Gasteiger partial charge on any atom is -0.273 e. The lowest BCUT2D eigenvalue weighted by Gasteiger charge is -2.26. The lowest BCUT2D eigenvalue weighted by molar-refractivity contribution is -0.122. The molecule has 1 heterocycles. The number of anilines is 1. The number of nitrogens with zero attached hydrogens (tertiary/aromatic N) is 1. The predicted molar refractivity (Wildman–Crippen MR) is 91.6 cm³/mol. The fraction of sp³-hybridized carbons (Fsp3) is 0.0556. The number of urea groups is 1. The van der Waals surface area contributed by atoms with E-state index in [1.54, 1.807) is 30.3 Å². The van der Waals surface area contributed by atoms with Crippen LogP contribution in [0.5, 0.6) is 0 Å². The second-order valence-corrected chi connectivity index (χ2v) is 5.78. The van der Waals surface area contributed by atoms with Crippen molar-refractivity contribution in [3.63, 3.8) is 0 Å². The van der Waals surface area contributed by atoms with Crippen molar-refractivity contribution >= 4 is 41.2 Å². The molecule has 1 N–H and O–H groups in total. The highest BCUT2D eigenvalue weighted by molar-refractivity contribution is 6.39. The average Bonchev–Trinajstić information content (AvgIpc) is 2.53. The summed E-state index contributed by atoms with van der Waals surface area (Å²) in [7, 11) is 0. The topological polar surface area (TPSA) is 66.5 Å². The van der Waals surface area contributed by atoms with Crippen LogP contribution in [0.3, 0.4) is 0 Å². The van der Waals surface area contributed by atoms with Crippen molar-refractivity contribution in [1.29, 1.82) is 0 Å². The number of imide groups is 2. The van der Waals surface area contributed by atoms with E-state index in [1.165, 1.54) is 6.08 Å². The largest absolute Gasteiger partial charge is 0.335 e. The molecule has 1 saturated heterocycles.